The van der Waals surface area contributed by atoms with Gasteiger partial charge in [-0.05, 0) is 99.4 Å². The van der Waals surface area contributed by atoms with E-state index in [1.165, 1.54) is 99.1 Å². The number of para-hydroxylation sites is 3. The first-order valence-electron chi connectivity index (χ1n) is 16.6. The summed E-state index contributed by atoms with van der Waals surface area (Å²) < 4.78 is 4.85. The summed E-state index contributed by atoms with van der Waals surface area (Å²) in [6.45, 7) is 0. The Kier molecular flexibility index (Phi) is 5.14. The zero-order valence-corrected chi connectivity index (χ0v) is 26.1. The maximum absolute atomic E-state index is 2.47. The number of hydrogen-bond acceptors (Lipinski definition) is 0. The van der Waals surface area contributed by atoms with E-state index in [-0.39, 0.29) is 0 Å². The Morgan fingerprint density at radius 3 is 1.54 bits per heavy atom. The average Bonchev–Trinajstić information content (AvgIpc) is 3.79. The summed E-state index contributed by atoms with van der Waals surface area (Å²) in [4.78, 5) is 0. The summed E-state index contributed by atoms with van der Waals surface area (Å²) >= 11 is 0. The zero-order chi connectivity index (χ0) is 31.3. The fraction of sp³-hybridized carbons (Fsp3) is 0. The number of hydrogen-bond donors (Lipinski definition) is 0. The normalized spacial score (nSPS) is 12.2. The van der Waals surface area contributed by atoms with E-state index in [1.54, 1.807) is 0 Å². The minimum atomic E-state index is 1.18. The van der Waals surface area contributed by atoms with E-state index in [4.69, 9.17) is 0 Å². The third kappa shape index (κ3) is 3.41. The monoisotopic (exact) mass is 608 g/mol. The highest BCUT2D eigenvalue weighted by molar-refractivity contribution is 6.28. The molecule has 1 aliphatic carbocycles. The van der Waals surface area contributed by atoms with Crippen LogP contribution in [-0.4, -0.2) is 9.13 Å². The first-order valence-corrected chi connectivity index (χ1v) is 16.6. The van der Waals surface area contributed by atoms with Gasteiger partial charge >= 0.3 is 0 Å². The summed E-state index contributed by atoms with van der Waals surface area (Å²) in [7, 11) is 0. The van der Waals surface area contributed by atoms with Crippen LogP contribution in [-0.2, 0) is 0 Å². The largest absolute Gasteiger partial charge is 0.309 e. The van der Waals surface area contributed by atoms with Crippen LogP contribution in [0.25, 0.3) is 99.1 Å². The molecule has 0 aliphatic heterocycles. The Balaban J connectivity index is 1.20. The van der Waals surface area contributed by atoms with Crippen molar-refractivity contribution in [1.29, 1.82) is 0 Å². The van der Waals surface area contributed by atoms with Crippen molar-refractivity contribution in [3.8, 4) is 44.8 Å². The lowest BCUT2D eigenvalue weighted by Gasteiger charge is -2.11. The van der Waals surface area contributed by atoms with Crippen LogP contribution in [0.3, 0.4) is 0 Å². The predicted octanol–water partition coefficient (Wildman–Crippen LogP) is 12.3. The first kappa shape index (κ1) is 25.8. The Hall–Kier alpha value is -6.38. The fourth-order valence-corrected chi connectivity index (χ4v) is 8.41. The summed E-state index contributed by atoms with van der Waals surface area (Å²) in [5.74, 6) is 0. The average molecular weight is 609 g/mol. The van der Waals surface area contributed by atoms with Crippen LogP contribution in [0, 0.1) is 0 Å². The molecule has 0 amide bonds. The summed E-state index contributed by atoms with van der Waals surface area (Å²) in [5.41, 5.74) is 15.0. The summed E-state index contributed by atoms with van der Waals surface area (Å²) in [6, 6.07) is 62.4. The second-order valence-corrected chi connectivity index (χ2v) is 12.9. The molecule has 2 nitrogen and oxygen atoms in total. The van der Waals surface area contributed by atoms with E-state index in [0.29, 0.717) is 0 Å². The molecule has 11 rings (SSSR count). The van der Waals surface area contributed by atoms with Crippen molar-refractivity contribution in [3.05, 3.63) is 170 Å². The van der Waals surface area contributed by atoms with Crippen LogP contribution in [0.15, 0.2) is 170 Å². The Bertz CT molecular complexity index is 2920. The molecule has 0 N–H and O–H groups in total. The number of aromatic nitrogens is 2. The molecule has 0 unspecified atom stereocenters. The van der Waals surface area contributed by atoms with Gasteiger partial charge in [0.2, 0.25) is 0 Å². The molecule has 0 atom stereocenters. The molecule has 0 saturated carbocycles. The van der Waals surface area contributed by atoms with Crippen LogP contribution < -0.4 is 0 Å². The van der Waals surface area contributed by atoms with Crippen molar-refractivity contribution >= 4 is 54.4 Å². The molecule has 8 aromatic carbocycles. The van der Waals surface area contributed by atoms with Gasteiger partial charge in [0, 0.05) is 38.3 Å². The van der Waals surface area contributed by atoms with Crippen molar-refractivity contribution < 1.29 is 0 Å². The van der Waals surface area contributed by atoms with Crippen LogP contribution in [0.2, 0.25) is 0 Å². The molecule has 2 aromatic heterocycles. The molecule has 2 heterocycles. The van der Waals surface area contributed by atoms with Gasteiger partial charge in [-0.1, -0.05) is 109 Å². The standard InChI is InChI=1S/C46H28N2/c1-3-12-31(13-4-1)47-42-21-10-9-18-35(42)38-26-29(22-24-43(38)47)30-23-25-44-39(27-30)41-28-40-34-17-8-7-16-33(34)36-19-11-20-37(45(36)40)46(41)48(44)32-14-5-2-6-15-32/h1-28H. The van der Waals surface area contributed by atoms with Gasteiger partial charge < -0.3 is 9.13 Å². The molecule has 1 aliphatic rings. The molecule has 0 spiro atoms. The van der Waals surface area contributed by atoms with E-state index in [0.717, 1.165) is 0 Å². The third-order valence-corrected chi connectivity index (χ3v) is 10.4. The minimum absolute atomic E-state index is 1.18. The smallest absolute Gasteiger partial charge is 0.0620 e. The van der Waals surface area contributed by atoms with Crippen molar-refractivity contribution in [1.82, 2.24) is 9.13 Å². The van der Waals surface area contributed by atoms with Crippen LogP contribution in [0.5, 0.6) is 0 Å². The predicted molar refractivity (Wildman–Crippen MR) is 202 cm³/mol. The molecule has 0 saturated heterocycles. The highest BCUT2D eigenvalue weighted by Crippen LogP contribution is 2.51. The van der Waals surface area contributed by atoms with E-state index in [9.17, 15) is 0 Å². The van der Waals surface area contributed by atoms with Gasteiger partial charge in [-0.25, -0.2) is 0 Å². The lowest BCUT2D eigenvalue weighted by atomic mass is 9.97. The van der Waals surface area contributed by atoms with Gasteiger partial charge in [0.05, 0.1) is 22.1 Å². The minimum Gasteiger partial charge on any atom is -0.309 e. The lowest BCUT2D eigenvalue weighted by molar-refractivity contribution is 1.18. The van der Waals surface area contributed by atoms with Crippen molar-refractivity contribution in [2.75, 3.05) is 0 Å². The molecule has 48 heavy (non-hydrogen) atoms. The molecule has 0 bridgehead atoms. The molecule has 222 valence electrons. The number of fused-ring (bicyclic) bond motifs is 10. The number of nitrogens with zero attached hydrogens (tertiary/aromatic N) is 2. The topological polar surface area (TPSA) is 9.86 Å². The number of rotatable bonds is 3. The van der Waals surface area contributed by atoms with Crippen molar-refractivity contribution in [3.63, 3.8) is 0 Å². The molecule has 10 aromatic rings. The van der Waals surface area contributed by atoms with Gasteiger partial charge in [0.25, 0.3) is 0 Å². The van der Waals surface area contributed by atoms with Gasteiger partial charge in [-0.3, -0.25) is 0 Å². The fourth-order valence-electron chi connectivity index (χ4n) is 8.41. The second-order valence-electron chi connectivity index (χ2n) is 12.9. The van der Waals surface area contributed by atoms with Gasteiger partial charge in [-0.15, -0.1) is 0 Å². The first-order chi connectivity index (χ1) is 23.8. The molecule has 0 radical (unpaired) electrons. The van der Waals surface area contributed by atoms with Crippen LogP contribution in [0.4, 0.5) is 0 Å². The van der Waals surface area contributed by atoms with E-state index in [2.05, 4.69) is 179 Å². The van der Waals surface area contributed by atoms with E-state index in [1.807, 2.05) is 0 Å². The maximum Gasteiger partial charge on any atom is 0.0620 e. The highest BCUT2D eigenvalue weighted by atomic mass is 15.0. The Morgan fingerprint density at radius 2 is 0.812 bits per heavy atom. The maximum atomic E-state index is 2.47. The molecular weight excluding hydrogens is 581 g/mol. The molecule has 2 heteroatoms. The van der Waals surface area contributed by atoms with Crippen molar-refractivity contribution in [2.24, 2.45) is 0 Å². The van der Waals surface area contributed by atoms with Gasteiger partial charge in [-0.2, -0.15) is 0 Å². The third-order valence-electron chi connectivity index (χ3n) is 10.4. The second kappa shape index (κ2) is 9.57. The Labute approximate surface area is 277 Å². The van der Waals surface area contributed by atoms with Crippen molar-refractivity contribution in [2.45, 2.75) is 0 Å². The van der Waals surface area contributed by atoms with Gasteiger partial charge in [0.1, 0.15) is 0 Å². The molecular formula is C46H28N2. The van der Waals surface area contributed by atoms with E-state index < -0.39 is 0 Å². The molecule has 0 fully saturated rings. The lowest BCUT2D eigenvalue weighted by Crippen LogP contribution is -1.94. The van der Waals surface area contributed by atoms with Crippen LogP contribution >= 0.6 is 0 Å². The highest BCUT2D eigenvalue weighted by Gasteiger charge is 2.25. The summed E-state index contributed by atoms with van der Waals surface area (Å²) in [5, 5.41) is 7.74. The van der Waals surface area contributed by atoms with Crippen LogP contribution in [0.1, 0.15) is 0 Å². The SMILES string of the molecule is c1ccc(-n2c3ccccc3c3cc(-c4ccc5c(c4)c4cc6c7c(cccc7c4n5-c4ccccc4)-c4ccccc4-6)ccc32)cc1. The summed E-state index contributed by atoms with van der Waals surface area (Å²) in [6.07, 6.45) is 0. The quantitative estimate of drug-likeness (QED) is 0.189. The van der Waals surface area contributed by atoms with E-state index >= 15 is 0 Å². The Morgan fingerprint density at radius 1 is 0.292 bits per heavy atom. The van der Waals surface area contributed by atoms with Gasteiger partial charge in [0.15, 0.2) is 0 Å². The number of benzene rings is 8. The zero-order valence-electron chi connectivity index (χ0n) is 26.1.